The van der Waals surface area contributed by atoms with Gasteiger partial charge in [0.15, 0.2) is 0 Å². The largest absolute Gasteiger partial charge is 0.480 e. The molecule has 6 nitrogen and oxygen atoms in total. The van der Waals surface area contributed by atoms with Crippen molar-refractivity contribution in [3.8, 4) is 0 Å². The van der Waals surface area contributed by atoms with E-state index >= 15 is 0 Å². The van der Waals surface area contributed by atoms with Crippen molar-refractivity contribution in [3.63, 3.8) is 0 Å². The maximum absolute atomic E-state index is 11.6. The first kappa shape index (κ1) is 16.3. The van der Waals surface area contributed by atoms with Gasteiger partial charge in [0.2, 0.25) is 0 Å². The summed E-state index contributed by atoms with van der Waals surface area (Å²) < 4.78 is 1.89. The molecule has 2 heterocycles. The van der Waals surface area contributed by atoms with Crippen LogP contribution in [0.1, 0.15) is 11.6 Å². The van der Waals surface area contributed by atoms with E-state index in [1.807, 2.05) is 40.7 Å². The van der Waals surface area contributed by atoms with Crippen molar-refractivity contribution >= 4 is 29.3 Å². The molecule has 0 bridgehead atoms. The topological polar surface area (TPSA) is 71.2 Å². The summed E-state index contributed by atoms with van der Waals surface area (Å²) in [4.78, 5) is 14.6. The van der Waals surface area contributed by atoms with Gasteiger partial charge in [0, 0.05) is 22.2 Å². The van der Waals surface area contributed by atoms with Gasteiger partial charge in [0.05, 0.1) is 13.1 Å². The quantitative estimate of drug-likeness (QED) is 0.832. The summed E-state index contributed by atoms with van der Waals surface area (Å²) in [5, 5.41) is 18.4. The molecule has 1 N–H and O–H groups in total. The van der Waals surface area contributed by atoms with Gasteiger partial charge in [-0.05, 0) is 31.2 Å². The second-order valence-electron chi connectivity index (χ2n) is 5.40. The minimum atomic E-state index is -0.805. The molecule has 23 heavy (non-hydrogen) atoms. The lowest BCUT2D eigenvalue weighted by Crippen LogP contribution is -2.48. The van der Waals surface area contributed by atoms with E-state index in [1.165, 1.54) is 0 Å². The Bertz CT molecular complexity index is 704. The molecule has 1 aliphatic rings. The van der Waals surface area contributed by atoms with Crippen LogP contribution in [0.15, 0.2) is 29.2 Å². The average molecular weight is 353 g/mol. The van der Waals surface area contributed by atoms with Gasteiger partial charge < -0.3 is 9.67 Å². The highest BCUT2D eigenvalue weighted by molar-refractivity contribution is 7.99. The number of carbonyl (C=O) groups is 1. The van der Waals surface area contributed by atoms with E-state index in [4.69, 9.17) is 11.6 Å². The summed E-state index contributed by atoms with van der Waals surface area (Å²) in [5.74, 6) is 1.59. The number of rotatable bonds is 5. The van der Waals surface area contributed by atoms with Crippen molar-refractivity contribution in [2.75, 3.05) is 12.3 Å². The van der Waals surface area contributed by atoms with Crippen LogP contribution >= 0.6 is 23.4 Å². The maximum atomic E-state index is 11.6. The molecule has 1 aliphatic heterocycles. The van der Waals surface area contributed by atoms with Crippen LogP contribution in [0.3, 0.4) is 0 Å². The number of benzene rings is 1. The third-order valence-corrected chi connectivity index (χ3v) is 5.14. The molecule has 0 saturated heterocycles. The molecule has 0 radical (unpaired) electrons. The molecule has 1 unspecified atom stereocenters. The lowest BCUT2D eigenvalue weighted by atomic mass is 10.2. The molecule has 2 aromatic rings. The van der Waals surface area contributed by atoms with E-state index in [0.717, 1.165) is 22.3 Å². The van der Waals surface area contributed by atoms with Crippen molar-refractivity contribution < 1.29 is 9.90 Å². The number of fused-ring (bicyclic) bond motifs is 1. The number of nitrogens with zero attached hydrogens (tertiary/aromatic N) is 4. The van der Waals surface area contributed by atoms with Gasteiger partial charge in [-0.15, -0.1) is 22.0 Å². The third-order valence-electron chi connectivity index (χ3n) is 3.90. The molecule has 8 heteroatoms. The van der Waals surface area contributed by atoms with Crippen LogP contribution in [0.25, 0.3) is 0 Å². The van der Waals surface area contributed by atoms with Crippen LogP contribution in [0.2, 0.25) is 5.02 Å². The van der Waals surface area contributed by atoms with Crippen LogP contribution in [0, 0.1) is 6.92 Å². The lowest BCUT2D eigenvalue weighted by molar-refractivity contribution is -0.144. The van der Waals surface area contributed by atoms with Crippen molar-refractivity contribution in [2.45, 2.75) is 31.0 Å². The summed E-state index contributed by atoms with van der Waals surface area (Å²) in [6.45, 7) is 3.44. The maximum Gasteiger partial charge on any atom is 0.322 e. The minimum absolute atomic E-state index is 0.398. The van der Waals surface area contributed by atoms with Crippen LogP contribution in [0.4, 0.5) is 0 Å². The van der Waals surface area contributed by atoms with Gasteiger partial charge in [-0.25, -0.2) is 0 Å². The Labute approximate surface area is 143 Å². The van der Waals surface area contributed by atoms with Crippen LogP contribution in [0.5, 0.6) is 0 Å². The van der Waals surface area contributed by atoms with Gasteiger partial charge in [-0.3, -0.25) is 9.69 Å². The van der Waals surface area contributed by atoms with Crippen molar-refractivity contribution in [1.29, 1.82) is 0 Å². The molecule has 1 aromatic heterocycles. The number of carboxylic acids is 1. The standard InChI is InChI=1S/C15H17ClN4O2S/c1-10-17-18-14-9-19(13(15(21)22)8-20(10)14)6-7-23-12-4-2-11(16)3-5-12/h2-5,13H,6-9H2,1H3,(H,21,22). The van der Waals surface area contributed by atoms with E-state index in [2.05, 4.69) is 10.2 Å². The molecule has 0 spiro atoms. The van der Waals surface area contributed by atoms with E-state index in [-0.39, 0.29) is 0 Å². The van der Waals surface area contributed by atoms with E-state index in [0.29, 0.717) is 24.7 Å². The first-order chi connectivity index (χ1) is 11.0. The summed E-state index contributed by atoms with van der Waals surface area (Å²) in [6.07, 6.45) is 0. The van der Waals surface area contributed by atoms with Gasteiger partial charge in [0.25, 0.3) is 0 Å². The zero-order chi connectivity index (χ0) is 16.4. The molecule has 0 aliphatic carbocycles. The second kappa shape index (κ2) is 6.90. The molecule has 0 fully saturated rings. The predicted octanol–water partition coefficient (Wildman–Crippen LogP) is 2.30. The molecule has 3 rings (SSSR count). The number of thioether (sulfide) groups is 1. The molecule has 122 valence electrons. The Morgan fingerprint density at radius 3 is 2.83 bits per heavy atom. The number of aliphatic carboxylic acids is 1. The fraction of sp³-hybridized carbons (Fsp3) is 0.400. The Morgan fingerprint density at radius 1 is 1.39 bits per heavy atom. The fourth-order valence-corrected chi connectivity index (χ4v) is 3.66. The van der Waals surface area contributed by atoms with Gasteiger partial charge in [-0.2, -0.15) is 0 Å². The number of hydrogen-bond acceptors (Lipinski definition) is 5. The van der Waals surface area contributed by atoms with E-state index in [1.54, 1.807) is 11.8 Å². The Morgan fingerprint density at radius 2 is 2.13 bits per heavy atom. The summed E-state index contributed by atoms with van der Waals surface area (Å²) in [7, 11) is 0. The highest BCUT2D eigenvalue weighted by atomic mass is 35.5. The lowest BCUT2D eigenvalue weighted by Gasteiger charge is -2.33. The van der Waals surface area contributed by atoms with Crippen molar-refractivity contribution in [1.82, 2.24) is 19.7 Å². The fourth-order valence-electron chi connectivity index (χ4n) is 2.64. The number of halogens is 1. The number of aryl methyl sites for hydroxylation is 1. The van der Waals surface area contributed by atoms with Crippen LogP contribution < -0.4 is 0 Å². The highest BCUT2D eigenvalue weighted by Crippen LogP contribution is 2.23. The number of carboxylic acid groups (broad SMARTS) is 1. The van der Waals surface area contributed by atoms with E-state index in [9.17, 15) is 9.90 Å². The van der Waals surface area contributed by atoms with E-state index < -0.39 is 12.0 Å². The van der Waals surface area contributed by atoms with Gasteiger partial charge >= 0.3 is 5.97 Å². The smallest absolute Gasteiger partial charge is 0.322 e. The Hall–Kier alpha value is -1.57. The van der Waals surface area contributed by atoms with Gasteiger partial charge in [-0.1, -0.05) is 11.6 Å². The van der Waals surface area contributed by atoms with Crippen molar-refractivity contribution in [2.24, 2.45) is 0 Å². The minimum Gasteiger partial charge on any atom is -0.480 e. The predicted molar refractivity (Wildman–Crippen MR) is 88.8 cm³/mol. The number of hydrogen-bond donors (Lipinski definition) is 1. The SMILES string of the molecule is Cc1nnc2n1CC(C(=O)O)N(CCSc1ccc(Cl)cc1)C2. The Kier molecular flexibility index (Phi) is 4.89. The van der Waals surface area contributed by atoms with Crippen LogP contribution in [-0.2, 0) is 17.9 Å². The monoisotopic (exact) mass is 352 g/mol. The second-order valence-corrected chi connectivity index (χ2v) is 7.01. The Balaban J connectivity index is 1.63. The highest BCUT2D eigenvalue weighted by Gasteiger charge is 2.32. The molecule has 0 amide bonds. The average Bonchev–Trinajstić information content (AvgIpc) is 2.89. The first-order valence-corrected chi connectivity index (χ1v) is 8.65. The van der Waals surface area contributed by atoms with Crippen LogP contribution in [-0.4, -0.2) is 49.1 Å². The molecular weight excluding hydrogens is 336 g/mol. The number of aromatic nitrogens is 3. The summed E-state index contributed by atoms with van der Waals surface area (Å²) in [6, 6.07) is 7.12. The zero-order valence-corrected chi connectivity index (χ0v) is 14.2. The normalized spacial score (nSPS) is 17.9. The summed E-state index contributed by atoms with van der Waals surface area (Å²) in [5.41, 5.74) is 0. The molecule has 0 saturated carbocycles. The first-order valence-electron chi connectivity index (χ1n) is 7.28. The molecule has 1 aromatic carbocycles. The molecule has 1 atom stereocenters. The third kappa shape index (κ3) is 3.68. The molecular formula is C15H17ClN4O2S. The summed E-state index contributed by atoms with van der Waals surface area (Å²) >= 11 is 7.56. The van der Waals surface area contributed by atoms with Crippen molar-refractivity contribution in [3.05, 3.63) is 40.9 Å². The van der Waals surface area contributed by atoms with Gasteiger partial charge in [0.1, 0.15) is 17.7 Å². The zero-order valence-electron chi connectivity index (χ0n) is 12.6.